The van der Waals surface area contributed by atoms with Gasteiger partial charge in [0.25, 0.3) is 5.56 Å². The number of benzene rings is 1. The highest BCUT2D eigenvalue weighted by molar-refractivity contribution is 5.79. The lowest BCUT2D eigenvalue weighted by Gasteiger charge is -2.33. The van der Waals surface area contributed by atoms with Crippen LogP contribution in [0.5, 0.6) is 5.75 Å². The molecule has 0 radical (unpaired) electrons. The quantitative estimate of drug-likeness (QED) is 0.757. The predicted octanol–water partition coefficient (Wildman–Crippen LogP) is 2.43. The van der Waals surface area contributed by atoms with E-state index in [2.05, 4.69) is 25.0 Å². The summed E-state index contributed by atoms with van der Waals surface area (Å²) in [5.41, 5.74) is 2.90. The van der Waals surface area contributed by atoms with Crippen LogP contribution in [0.3, 0.4) is 0 Å². The van der Waals surface area contributed by atoms with Crippen molar-refractivity contribution in [1.82, 2.24) is 14.7 Å². The molecule has 1 fully saturated rings. The van der Waals surface area contributed by atoms with Crippen molar-refractivity contribution in [3.05, 3.63) is 51.9 Å². The van der Waals surface area contributed by atoms with E-state index in [1.165, 1.54) is 5.56 Å². The van der Waals surface area contributed by atoms with Crippen LogP contribution in [0.1, 0.15) is 43.9 Å². The van der Waals surface area contributed by atoms with Crippen molar-refractivity contribution in [2.45, 2.75) is 51.6 Å². The molecule has 1 aromatic carbocycles. The number of amides is 1. The van der Waals surface area contributed by atoms with Crippen LogP contribution in [0, 0.1) is 0 Å². The molecule has 0 bridgehead atoms. The first kappa shape index (κ1) is 20.4. The monoisotopic (exact) mass is 410 g/mol. The summed E-state index contributed by atoms with van der Waals surface area (Å²) in [7, 11) is 1.96. The summed E-state index contributed by atoms with van der Waals surface area (Å²) in [6.07, 6.45) is 4.75. The molecule has 4 rings (SSSR count). The van der Waals surface area contributed by atoms with Gasteiger partial charge in [0.15, 0.2) is 0 Å². The Hall–Kier alpha value is -2.83. The normalized spacial score (nSPS) is 18.3. The Morgan fingerprint density at radius 3 is 2.93 bits per heavy atom. The van der Waals surface area contributed by atoms with E-state index in [1.807, 2.05) is 29.0 Å². The van der Waals surface area contributed by atoms with E-state index >= 15 is 0 Å². The number of anilines is 1. The molecule has 2 aliphatic rings. The van der Waals surface area contributed by atoms with Crippen LogP contribution in [0.15, 0.2) is 35.3 Å². The molecule has 3 heterocycles. The lowest BCUT2D eigenvalue weighted by molar-refractivity contribution is -0.132. The number of ether oxygens (including phenoxy) is 1. The number of likely N-dealkylation sites (tertiary alicyclic amines) is 1. The third-order valence-electron chi connectivity index (χ3n) is 6.20. The fourth-order valence-corrected chi connectivity index (χ4v) is 4.19. The van der Waals surface area contributed by atoms with Gasteiger partial charge in [-0.1, -0.05) is 12.1 Å². The predicted molar refractivity (Wildman–Crippen MR) is 116 cm³/mol. The summed E-state index contributed by atoms with van der Waals surface area (Å²) in [4.78, 5) is 29.5. The number of piperidine rings is 1. The van der Waals surface area contributed by atoms with E-state index in [4.69, 9.17) is 4.74 Å². The SMILES string of the molecule is CC(C)N(C)c1cnn(C2CCCN(C(=O)Cc3ccc4c(c3)CCO4)C2)c(=O)c1. The number of nitrogens with zero attached hydrogens (tertiary/aromatic N) is 4. The Morgan fingerprint density at radius 2 is 2.17 bits per heavy atom. The first-order valence-corrected chi connectivity index (χ1v) is 10.8. The third kappa shape index (κ3) is 4.20. The van der Waals surface area contributed by atoms with E-state index in [-0.39, 0.29) is 23.6 Å². The van der Waals surface area contributed by atoms with Gasteiger partial charge in [-0.15, -0.1) is 0 Å². The molecular weight excluding hydrogens is 380 g/mol. The highest BCUT2D eigenvalue weighted by atomic mass is 16.5. The van der Waals surface area contributed by atoms with Gasteiger partial charge in [0.1, 0.15) is 5.75 Å². The van der Waals surface area contributed by atoms with E-state index in [0.29, 0.717) is 19.6 Å². The lowest BCUT2D eigenvalue weighted by Crippen LogP contribution is -2.44. The van der Waals surface area contributed by atoms with Crippen molar-refractivity contribution in [3.8, 4) is 5.75 Å². The summed E-state index contributed by atoms with van der Waals surface area (Å²) in [5, 5.41) is 4.43. The van der Waals surface area contributed by atoms with Gasteiger partial charge >= 0.3 is 0 Å². The summed E-state index contributed by atoms with van der Waals surface area (Å²) in [5.74, 6) is 1.03. The zero-order chi connectivity index (χ0) is 21.3. The van der Waals surface area contributed by atoms with Crippen molar-refractivity contribution < 1.29 is 9.53 Å². The molecule has 7 heteroatoms. The van der Waals surface area contributed by atoms with E-state index < -0.39 is 0 Å². The van der Waals surface area contributed by atoms with Gasteiger partial charge in [0, 0.05) is 38.7 Å². The van der Waals surface area contributed by atoms with E-state index in [9.17, 15) is 9.59 Å². The highest BCUT2D eigenvalue weighted by Crippen LogP contribution is 2.27. The molecule has 1 atom stereocenters. The second-order valence-corrected chi connectivity index (χ2v) is 8.55. The zero-order valence-electron chi connectivity index (χ0n) is 18.0. The molecule has 2 aliphatic heterocycles. The van der Waals surface area contributed by atoms with Gasteiger partial charge < -0.3 is 14.5 Å². The Kier molecular flexibility index (Phi) is 5.79. The van der Waals surface area contributed by atoms with Crippen LogP contribution < -0.4 is 15.2 Å². The molecule has 1 unspecified atom stereocenters. The molecule has 0 spiro atoms. The average Bonchev–Trinajstić information content (AvgIpc) is 3.21. The first-order valence-electron chi connectivity index (χ1n) is 10.8. The van der Waals surface area contributed by atoms with E-state index in [1.54, 1.807) is 16.9 Å². The minimum atomic E-state index is -0.113. The Balaban J connectivity index is 1.44. The smallest absolute Gasteiger partial charge is 0.269 e. The topological polar surface area (TPSA) is 67.7 Å². The Labute approximate surface area is 177 Å². The molecule has 160 valence electrons. The first-order chi connectivity index (χ1) is 14.4. The molecule has 1 amide bonds. The number of hydrogen-bond acceptors (Lipinski definition) is 5. The minimum absolute atomic E-state index is 0.0815. The lowest BCUT2D eigenvalue weighted by atomic mass is 10.0. The maximum absolute atomic E-state index is 12.9. The van der Waals surface area contributed by atoms with Crippen molar-refractivity contribution in [2.24, 2.45) is 0 Å². The molecular formula is C23H30N4O3. The van der Waals surface area contributed by atoms with Crippen LogP contribution in [0.25, 0.3) is 0 Å². The van der Waals surface area contributed by atoms with Crippen molar-refractivity contribution >= 4 is 11.6 Å². The summed E-state index contributed by atoms with van der Waals surface area (Å²) >= 11 is 0. The minimum Gasteiger partial charge on any atom is -0.493 e. The van der Waals surface area contributed by atoms with Gasteiger partial charge in [-0.05, 0) is 43.9 Å². The van der Waals surface area contributed by atoms with Gasteiger partial charge in [0.2, 0.25) is 5.91 Å². The van der Waals surface area contributed by atoms with Crippen molar-refractivity contribution in [1.29, 1.82) is 0 Å². The van der Waals surface area contributed by atoms with Crippen LogP contribution in [-0.4, -0.2) is 53.4 Å². The second-order valence-electron chi connectivity index (χ2n) is 8.55. The van der Waals surface area contributed by atoms with Gasteiger partial charge in [-0.25, -0.2) is 4.68 Å². The van der Waals surface area contributed by atoms with Crippen LogP contribution in [0.4, 0.5) is 5.69 Å². The highest BCUT2D eigenvalue weighted by Gasteiger charge is 2.26. The summed E-state index contributed by atoms with van der Waals surface area (Å²) < 4.78 is 7.09. The number of fused-ring (bicyclic) bond motifs is 1. The van der Waals surface area contributed by atoms with Gasteiger partial charge in [-0.3, -0.25) is 9.59 Å². The fourth-order valence-electron chi connectivity index (χ4n) is 4.19. The Morgan fingerprint density at radius 1 is 1.33 bits per heavy atom. The standard InChI is InChI=1S/C23H30N4O3/c1-16(2)25(3)20-13-23(29)27(24-14-20)19-5-4-9-26(15-19)22(28)12-17-6-7-21-18(11-17)8-10-30-21/h6-7,11,13-14,16,19H,4-5,8-10,12,15H2,1-3H3. The van der Waals surface area contributed by atoms with Crippen molar-refractivity contribution in [2.75, 3.05) is 31.6 Å². The molecule has 1 saturated heterocycles. The Bertz CT molecular complexity index is 985. The molecule has 0 saturated carbocycles. The van der Waals surface area contributed by atoms with Crippen LogP contribution >= 0.6 is 0 Å². The number of hydrogen-bond donors (Lipinski definition) is 0. The molecule has 1 aromatic heterocycles. The maximum Gasteiger partial charge on any atom is 0.269 e. The van der Waals surface area contributed by atoms with Crippen LogP contribution in [0.2, 0.25) is 0 Å². The summed E-state index contributed by atoms with van der Waals surface area (Å²) in [6.45, 7) is 6.12. The molecule has 30 heavy (non-hydrogen) atoms. The molecule has 0 N–H and O–H groups in total. The van der Waals surface area contributed by atoms with Crippen LogP contribution in [-0.2, 0) is 17.6 Å². The average molecular weight is 411 g/mol. The fraction of sp³-hybridized carbons (Fsp3) is 0.522. The number of carbonyl (C=O) groups is 1. The number of aromatic nitrogens is 2. The second kappa shape index (κ2) is 8.50. The van der Waals surface area contributed by atoms with E-state index in [0.717, 1.165) is 42.8 Å². The zero-order valence-corrected chi connectivity index (χ0v) is 18.0. The van der Waals surface area contributed by atoms with Gasteiger partial charge in [-0.2, -0.15) is 5.10 Å². The molecule has 7 nitrogen and oxygen atoms in total. The summed E-state index contributed by atoms with van der Waals surface area (Å²) in [6, 6.07) is 7.86. The maximum atomic E-state index is 12.9. The molecule has 2 aromatic rings. The molecule has 0 aliphatic carbocycles. The number of carbonyl (C=O) groups excluding carboxylic acids is 1. The van der Waals surface area contributed by atoms with Gasteiger partial charge in [0.05, 0.1) is 31.0 Å². The van der Waals surface area contributed by atoms with Crippen molar-refractivity contribution in [3.63, 3.8) is 0 Å². The number of rotatable bonds is 5. The largest absolute Gasteiger partial charge is 0.493 e. The third-order valence-corrected chi connectivity index (χ3v) is 6.20.